The molecule has 32 heavy (non-hydrogen) atoms. The number of nitrogens with one attached hydrogen (secondary N) is 1. The predicted molar refractivity (Wildman–Crippen MR) is 115 cm³/mol. The van der Waals surface area contributed by atoms with Crippen molar-refractivity contribution < 1.29 is 28.5 Å². The Morgan fingerprint density at radius 1 is 1.00 bits per heavy atom. The number of alkyl carbamates (subject to hydrolysis) is 1. The summed E-state index contributed by atoms with van der Waals surface area (Å²) in [5, 5.41) is 21.9. The minimum atomic E-state index is -1.63. The number of carbonyl (C=O) groups excluding carboxylic acids is 1. The van der Waals surface area contributed by atoms with E-state index in [2.05, 4.69) is 5.32 Å². The Kier molecular flexibility index (Phi) is 6.41. The average molecular weight is 460 g/mol. The van der Waals surface area contributed by atoms with E-state index in [0.717, 1.165) is 34.4 Å². The number of hydrogen-bond donors (Lipinski definition) is 3. The Hall–Kier alpha value is -3.00. The summed E-state index contributed by atoms with van der Waals surface area (Å²) in [7, 11) is 0. The number of benzene rings is 3. The quantitative estimate of drug-likeness (QED) is 0.472. The molecule has 0 heterocycles. The van der Waals surface area contributed by atoms with E-state index in [0.29, 0.717) is 0 Å². The first kappa shape index (κ1) is 22.2. The van der Waals surface area contributed by atoms with Gasteiger partial charge in [0.2, 0.25) is 0 Å². The van der Waals surface area contributed by atoms with E-state index in [1.54, 1.807) is 0 Å². The highest BCUT2D eigenvalue weighted by atomic mass is 35.5. The Balaban J connectivity index is 1.35. The molecule has 5 nitrogen and oxygen atoms in total. The van der Waals surface area contributed by atoms with Crippen LogP contribution in [0, 0.1) is 11.6 Å². The van der Waals surface area contributed by atoms with E-state index in [-0.39, 0.29) is 24.6 Å². The molecule has 4 rings (SSSR count). The highest BCUT2D eigenvalue weighted by Crippen LogP contribution is 2.44. The third-order valence-corrected chi connectivity index (χ3v) is 5.87. The van der Waals surface area contributed by atoms with Gasteiger partial charge < -0.3 is 20.3 Å². The first-order chi connectivity index (χ1) is 15.4. The maximum atomic E-state index is 13.6. The highest BCUT2D eigenvalue weighted by Gasteiger charge is 2.29. The lowest BCUT2D eigenvalue weighted by atomic mass is 9.98. The molecule has 0 saturated carbocycles. The number of aliphatic hydroxyl groups excluding tert-OH is 2. The van der Waals surface area contributed by atoms with E-state index >= 15 is 0 Å². The fraction of sp³-hybridized carbons (Fsp3) is 0.208. The molecule has 1 aliphatic carbocycles. The summed E-state index contributed by atoms with van der Waals surface area (Å²) in [4.78, 5) is 12.2. The molecule has 3 N–H and O–H groups in total. The van der Waals surface area contributed by atoms with Gasteiger partial charge in [-0.3, -0.25) is 0 Å². The number of ether oxygens (including phenoxy) is 1. The van der Waals surface area contributed by atoms with Crippen molar-refractivity contribution in [3.8, 4) is 11.1 Å². The lowest BCUT2D eigenvalue weighted by Gasteiger charge is -2.20. The van der Waals surface area contributed by atoms with Gasteiger partial charge in [-0.05, 0) is 39.9 Å². The van der Waals surface area contributed by atoms with E-state index in [1.165, 1.54) is 0 Å². The van der Waals surface area contributed by atoms with Crippen molar-refractivity contribution in [3.63, 3.8) is 0 Å². The molecule has 1 amide bonds. The summed E-state index contributed by atoms with van der Waals surface area (Å²) in [5.41, 5.74) is 4.11. The zero-order chi connectivity index (χ0) is 22.8. The molecule has 0 spiro atoms. The largest absolute Gasteiger partial charge is 0.449 e. The lowest BCUT2D eigenvalue weighted by Crippen LogP contribution is -2.36. The van der Waals surface area contributed by atoms with E-state index in [4.69, 9.17) is 16.3 Å². The fourth-order valence-corrected chi connectivity index (χ4v) is 4.03. The van der Waals surface area contributed by atoms with Gasteiger partial charge in [-0.15, -0.1) is 0 Å². The second kappa shape index (κ2) is 9.24. The van der Waals surface area contributed by atoms with Gasteiger partial charge in [0.05, 0.1) is 0 Å². The minimum Gasteiger partial charge on any atom is -0.449 e. The van der Waals surface area contributed by atoms with Crippen molar-refractivity contribution >= 4 is 17.7 Å². The second-order valence-electron chi connectivity index (χ2n) is 7.52. The van der Waals surface area contributed by atoms with Crippen molar-refractivity contribution in [2.24, 2.45) is 0 Å². The van der Waals surface area contributed by atoms with Crippen LogP contribution in [0.15, 0.2) is 60.7 Å². The van der Waals surface area contributed by atoms with Gasteiger partial charge in [0.15, 0.2) is 0 Å². The smallest absolute Gasteiger partial charge is 0.407 e. The fourth-order valence-electron chi connectivity index (χ4n) is 3.92. The molecule has 3 aromatic carbocycles. The first-order valence-corrected chi connectivity index (χ1v) is 10.3. The second-order valence-corrected chi connectivity index (χ2v) is 7.90. The number of aliphatic hydroxyl groups is 2. The van der Waals surface area contributed by atoms with E-state index < -0.39 is 35.0 Å². The molecule has 0 fully saturated rings. The normalized spacial score (nSPS) is 14.4. The van der Waals surface area contributed by atoms with Gasteiger partial charge in [0.1, 0.15) is 35.5 Å². The van der Waals surface area contributed by atoms with Crippen LogP contribution in [-0.2, 0) is 4.74 Å². The predicted octanol–water partition coefficient (Wildman–Crippen LogP) is 4.55. The Bertz CT molecular complexity index is 1090. The van der Waals surface area contributed by atoms with Gasteiger partial charge >= 0.3 is 6.09 Å². The van der Waals surface area contributed by atoms with Gasteiger partial charge in [-0.2, -0.15) is 0 Å². The van der Waals surface area contributed by atoms with Crippen LogP contribution in [0.25, 0.3) is 11.1 Å². The zero-order valence-corrected chi connectivity index (χ0v) is 17.5. The third kappa shape index (κ3) is 4.32. The Morgan fingerprint density at radius 2 is 1.53 bits per heavy atom. The van der Waals surface area contributed by atoms with Gasteiger partial charge in [-0.25, -0.2) is 13.6 Å². The standard InChI is InChI=1S/C24H20ClF2NO4/c25-22-19(26)9-13(10-20(22)27)23(30)21(29)11-28-24(31)32-12-18-16-7-3-1-5-14(16)15-6-2-4-8-17(15)18/h1-10,18,21,23,29-30H,11-12H2,(H,28,31). The van der Waals surface area contributed by atoms with Crippen LogP contribution in [0.2, 0.25) is 5.02 Å². The summed E-state index contributed by atoms with van der Waals surface area (Å²) in [6.45, 7) is -0.296. The maximum Gasteiger partial charge on any atom is 0.407 e. The number of carbonyl (C=O) groups is 1. The van der Waals surface area contributed by atoms with Crippen LogP contribution < -0.4 is 5.32 Å². The number of hydrogen-bond acceptors (Lipinski definition) is 4. The van der Waals surface area contributed by atoms with Crippen LogP contribution in [0.3, 0.4) is 0 Å². The molecule has 0 aromatic heterocycles. The highest BCUT2D eigenvalue weighted by molar-refractivity contribution is 6.30. The molecule has 8 heteroatoms. The molecule has 0 radical (unpaired) electrons. The molecular weight excluding hydrogens is 440 g/mol. The van der Waals surface area contributed by atoms with E-state index in [1.807, 2.05) is 48.5 Å². The van der Waals surface area contributed by atoms with E-state index in [9.17, 15) is 23.8 Å². The van der Waals surface area contributed by atoms with Crippen molar-refractivity contribution in [3.05, 3.63) is 94.0 Å². The van der Waals surface area contributed by atoms with Crippen LogP contribution in [-0.4, -0.2) is 35.6 Å². The van der Waals surface area contributed by atoms with Crippen molar-refractivity contribution in [2.45, 2.75) is 18.1 Å². The maximum absolute atomic E-state index is 13.6. The Labute approximate surface area is 188 Å². The third-order valence-electron chi connectivity index (χ3n) is 5.51. The van der Waals surface area contributed by atoms with Crippen molar-refractivity contribution in [2.75, 3.05) is 13.2 Å². The minimum absolute atomic E-state index is 0.0894. The molecule has 2 unspecified atom stereocenters. The van der Waals surface area contributed by atoms with Crippen molar-refractivity contribution in [1.82, 2.24) is 5.32 Å². The monoisotopic (exact) mass is 459 g/mol. The molecule has 0 saturated heterocycles. The number of rotatable bonds is 6. The van der Waals surface area contributed by atoms with Crippen molar-refractivity contribution in [1.29, 1.82) is 0 Å². The SMILES string of the molecule is O=C(NCC(O)C(O)c1cc(F)c(Cl)c(F)c1)OCC1c2ccccc2-c2ccccc21. The topological polar surface area (TPSA) is 78.8 Å². The molecule has 1 aliphatic rings. The summed E-state index contributed by atoms with van der Waals surface area (Å²) < 4.78 is 32.5. The van der Waals surface area contributed by atoms with Crippen LogP contribution in [0.4, 0.5) is 13.6 Å². The number of halogens is 3. The first-order valence-electron chi connectivity index (χ1n) is 9.96. The van der Waals surface area contributed by atoms with Crippen LogP contribution >= 0.6 is 11.6 Å². The Morgan fingerprint density at radius 3 is 2.09 bits per heavy atom. The molecule has 2 atom stereocenters. The number of fused-ring (bicyclic) bond motifs is 3. The van der Waals surface area contributed by atoms with Gasteiger partial charge in [0.25, 0.3) is 0 Å². The summed E-state index contributed by atoms with van der Waals surface area (Å²) in [6.07, 6.45) is -3.94. The summed E-state index contributed by atoms with van der Waals surface area (Å²) in [5.74, 6) is -2.24. The van der Waals surface area contributed by atoms with Gasteiger partial charge in [0, 0.05) is 12.5 Å². The van der Waals surface area contributed by atoms with Gasteiger partial charge in [-0.1, -0.05) is 60.1 Å². The zero-order valence-electron chi connectivity index (χ0n) is 16.8. The summed E-state index contributed by atoms with van der Waals surface area (Å²) in [6, 6.07) is 17.4. The molecule has 3 aromatic rings. The molecule has 166 valence electrons. The molecule has 0 aliphatic heterocycles. The van der Waals surface area contributed by atoms with Crippen LogP contribution in [0.1, 0.15) is 28.7 Å². The molecule has 0 bridgehead atoms. The lowest BCUT2D eigenvalue weighted by molar-refractivity contribution is 0.0182. The average Bonchev–Trinajstić information content (AvgIpc) is 3.12. The number of amides is 1. The van der Waals surface area contributed by atoms with Crippen LogP contribution in [0.5, 0.6) is 0 Å². The molecular formula is C24H20ClF2NO4. The summed E-state index contributed by atoms with van der Waals surface area (Å²) >= 11 is 5.42.